The summed E-state index contributed by atoms with van der Waals surface area (Å²) in [6.07, 6.45) is 0.728. The minimum Gasteiger partial charge on any atom is -0.301 e. The number of para-hydroxylation sites is 2. The van der Waals surface area contributed by atoms with Gasteiger partial charge < -0.3 is 4.90 Å². The van der Waals surface area contributed by atoms with Gasteiger partial charge in [-0.15, -0.1) is 0 Å². The Bertz CT molecular complexity index is 510. The van der Waals surface area contributed by atoms with E-state index in [0.717, 1.165) is 23.1 Å². The molecule has 0 aliphatic carbocycles. The van der Waals surface area contributed by atoms with Gasteiger partial charge in [-0.1, -0.05) is 12.1 Å². The smallest absolute Gasteiger partial charge is 0.215 e. The van der Waals surface area contributed by atoms with Crippen LogP contribution in [0.4, 0.5) is 5.82 Å². The van der Waals surface area contributed by atoms with Gasteiger partial charge in [0, 0.05) is 7.05 Å². The Kier molecular flexibility index (Phi) is 2.33. The fraction of sp³-hybridized carbons (Fsp3) is 0.182. The topological polar surface area (TPSA) is 46.1 Å². The number of aromatic nitrogens is 2. The zero-order valence-electron chi connectivity index (χ0n) is 8.64. The SMILES string of the molecule is Cc1nc2ccccc2nc1N(C)C=O. The Balaban J connectivity index is 2.66. The third-order valence-electron chi connectivity index (χ3n) is 2.21. The van der Waals surface area contributed by atoms with Gasteiger partial charge in [-0.2, -0.15) is 0 Å². The van der Waals surface area contributed by atoms with Gasteiger partial charge in [0.25, 0.3) is 0 Å². The molecule has 0 radical (unpaired) electrons. The highest BCUT2D eigenvalue weighted by atomic mass is 16.1. The van der Waals surface area contributed by atoms with Crippen molar-refractivity contribution in [2.45, 2.75) is 6.92 Å². The van der Waals surface area contributed by atoms with Crippen molar-refractivity contribution >= 4 is 23.3 Å². The lowest BCUT2D eigenvalue weighted by atomic mass is 10.3. The average Bonchev–Trinajstić information content (AvgIpc) is 2.27. The van der Waals surface area contributed by atoms with Crippen LogP contribution in [0.25, 0.3) is 11.0 Å². The molecule has 0 spiro atoms. The molecule has 4 heteroatoms. The molecule has 0 atom stereocenters. The minimum atomic E-state index is 0.601. The van der Waals surface area contributed by atoms with Crippen LogP contribution in [0, 0.1) is 6.92 Å². The van der Waals surface area contributed by atoms with E-state index in [0.29, 0.717) is 5.82 Å². The number of aryl methyl sites for hydroxylation is 1. The summed E-state index contributed by atoms with van der Waals surface area (Å²) in [4.78, 5) is 20.8. The van der Waals surface area contributed by atoms with Crippen LogP contribution in [0.15, 0.2) is 24.3 Å². The van der Waals surface area contributed by atoms with Crippen LogP contribution in [0.3, 0.4) is 0 Å². The van der Waals surface area contributed by atoms with Crippen LogP contribution in [-0.4, -0.2) is 23.4 Å². The third kappa shape index (κ3) is 1.66. The van der Waals surface area contributed by atoms with E-state index in [2.05, 4.69) is 9.97 Å². The van der Waals surface area contributed by atoms with Crippen molar-refractivity contribution in [3.05, 3.63) is 30.0 Å². The number of nitrogens with zero attached hydrogens (tertiary/aromatic N) is 3. The predicted molar refractivity (Wildman–Crippen MR) is 58.7 cm³/mol. The molecule has 1 aromatic heterocycles. The number of hydrogen-bond donors (Lipinski definition) is 0. The molecule has 0 aliphatic rings. The average molecular weight is 201 g/mol. The van der Waals surface area contributed by atoms with Crippen LogP contribution < -0.4 is 4.90 Å². The normalized spacial score (nSPS) is 10.3. The molecule has 0 N–H and O–H groups in total. The van der Waals surface area contributed by atoms with Crippen LogP contribution in [-0.2, 0) is 4.79 Å². The first-order valence-electron chi connectivity index (χ1n) is 4.64. The zero-order valence-corrected chi connectivity index (χ0v) is 8.64. The van der Waals surface area contributed by atoms with Gasteiger partial charge in [0.2, 0.25) is 6.41 Å². The number of benzene rings is 1. The van der Waals surface area contributed by atoms with Crippen LogP contribution >= 0.6 is 0 Å². The first-order valence-corrected chi connectivity index (χ1v) is 4.64. The van der Waals surface area contributed by atoms with Gasteiger partial charge in [0.05, 0.1) is 16.7 Å². The predicted octanol–water partition coefficient (Wildman–Crippen LogP) is 1.53. The number of amides is 1. The minimum absolute atomic E-state index is 0.601. The fourth-order valence-electron chi connectivity index (χ4n) is 1.46. The molecule has 0 unspecified atom stereocenters. The molecule has 4 nitrogen and oxygen atoms in total. The summed E-state index contributed by atoms with van der Waals surface area (Å²) in [6.45, 7) is 1.84. The Morgan fingerprint density at radius 3 is 2.40 bits per heavy atom. The highest BCUT2D eigenvalue weighted by Crippen LogP contribution is 2.17. The standard InChI is InChI=1S/C11H11N3O/c1-8-11(14(2)7-15)13-10-6-4-3-5-9(10)12-8/h3-7H,1-2H3. The molecule has 0 fully saturated rings. The molecule has 15 heavy (non-hydrogen) atoms. The molecule has 1 aromatic carbocycles. The number of hydrogen-bond acceptors (Lipinski definition) is 3. The molecular weight excluding hydrogens is 190 g/mol. The number of carbonyl (C=O) groups excluding carboxylic acids is 1. The van der Waals surface area contributed by atoms with E-state index in [9.17, 15) is 4.79 Å². The van der Waals surface area contributed by atoms with Crippen molar-refractivity contribution in [1.82, 2.24) is 9.97 Å². The van der Waals surface area contributed by atoms with Crippen LogP contribution in [0.5, 0.6) is 0 Å². The maximum absolute atomic E-state index is 10.7. The lowest BCUT2D eigenvalue weighted by Crippen LogP contribution is -2.17. The maximum atomic E-state index is 10.7. The van der Waals surface area contributed by atoms with Gasteiger partial charge in [-0.05, 0) is 19.1 Å². The van der Waals surface area contributed by atoms with Gasteiger partial charge in [0.1, 0.15) is 0 Å². The molecule has 2 aromatic rings. The molecule has 76 valence electrons. The van der Waals surface area contributed by atoms with Crippen LogP contribution in [0.2, 0.25) is 0 Å². The Morgan fingerprint density at radius 2 is 1.80 bits per heavy atom. The molecule has 0 bridgehead atoms. The molecule has 0 saturated heterocycles. The van der Waals surface area contributed by atoms with Crippen molar-refractivity contribution in [2.75, 3.05) is 11.9 Å². The Morgan fingerprint density at radius 1 is 1.20 bits per heavy atom. The van der Waals surface area contributed by atoms with Gasteiger partial charge >= 0.3 is 0 Å². The highest BCUT2D eigenvalue weighted by molar-refractivity contribution is 5.80. The summed E-state index contributed by atoms with van der Waals surface area (Å²) in [7, 11) is 1.67. The second kappa shape index (κ2) is 3.65. The number of fused-ring (bicyclic) bond motifs is 1. The van der Waals surface area contributed by atoms with E-state index in [1.54, 1.807) is 7.05 Å². The molecular formula is C11H11N3O. The Hall–Kier alpha value is -1.97. The fourth-order valence-corrected chi connectivity index (χ4v) is 1.46. The number of rotatable bonds is 2. The lowest BCUT2D eigenvalue weighted by Gasteiger charge is -2.12. The molecule has 1 heterocycles. The summed E-state index contributed by atoms with van der Waals surface area (Å²) in [5, 5.41) is 0. The molecule has 1 amide bonds. The number of carbonyl (C=O) groups is 1. The summed E-state index contributed by atoms with van der Waals surface area (Å²) in [5.74, 6) is 0.601. The summed E-state index contributed by atoms with van der Waals surface area (Å²) < 4.78 is 0. The zero-order chi connectivity index (χ0) is 10.8. The van der Waals surface area contributed by atoms with E-state index in [1.165, 1.54) is 4.90 Å². The molecule has 2 rings (SSSR count). The highest BCUT2D eigenvalue weighted by Gasteiger charge is 2.07. The molecule has 0 saturated carbocycles. The van der Waals surface area contributed by atoms with Gasteiger partial charge in [0.15, 0.2) is 5.82 Å². The van der Waals surface area contributed by atoms with E-state index in [-0.39, 0.29) is 0 Å². The second-order valence-corrected chi connectivity index (χ2v) is 3.34. The Labute approximate surface area is 87.6 Å². The van der Waals surface area contributed by atoms with E-state index < -0.39 is 0 Å². The third-order valence-corrected chi connectivity index (χ3v) is 2.21. The number of anilines is 1. The van der Waals surface area contributed by atoms with Crippen molar-refractivity contribution in [1.29, 1.82) is 0 Å². The maximum Gasteiger partial charge on any atom is 0.215 e. The summed E-state index contributed by atoms with van der Waals surface area (Å²) in [6, 6.07) is 7.60. The van der Waals surface area contributed by atoms with Crippen molar-refractivity contribution in [2.24, 2.45) is 0 Å². The van der Waals surface area contributed by atoms with E-state index in [1.807, 2.05) is 31.2 Å². The monoisotopic (exact) mass is 201 g/mol. The second-order valence-electron chi connectivity index (χ2n) is 3.34. The van der Waals surface area contributed by atoms with Crippen molar-refractivity contribution in [3.8, 4) is 0 Å². The lowest BCUT2D eigenvalue weighted by molar-refractivity contribution is -0.107. The quantitative estimate of drug-likeness (QED) is 0.692. The van der Waals surface area contributed by atoms with E-state index in [4.69, 9.17) is 0 Å². The van der Waals surface area contributed by atoms with Crippen molar-refractivity contribution < 1.29 is 4.79 Å². The van der Waals surface area contributed by atoms with Crippen LogP contribution in [0.1, 0.15) is 5.69 Å². The summed E-state index contributed by atoms with van der Waals surface area (Å²) in [5.41, 5.74) is 2.40. The first-order chi connectivity index (χ1) is 7.22. The van der Waals surface area contributed by atoms with Gasteiger partial charge in [-0.3, -0.25) is 4.79 Å². The first kappa shape index (κ1) is 9.58. The summed E-state index contributed by atoms with van der Waals surface area (Å²) >= 11 is 0. The largest absolute Gasteiger partial charge is 0.301 e. The van der Waals surface area contributed by atoms with E-state index >= 15 is 0 Å². The van der Waals surface area contributed by atoms with Gasteiger partial charge in [-0.25, -0.2) is 9.97 Å². The molecule has 0 aliphatic heterocycles. The van der Waals surface area contributed by atoms with Crippen molar-refractivity contribution in [3.63, 3.8) is 0 Å².